The number of aliphatic hydroxyl groups is 1. The Hall–Kier alpha value is -1.32. The summed E-state index contributed by atoms with van der Waals surface area (Å²) in [5.41, 5.74) is 0. The average Bonchev–Trinajstić information content (AvgIpc) is 2.37. The molecule has 0 spiro atoms. The van der Waals surface area contributed by atoms with Gasteiger partial charge >= 0.3 is 6.36 Å². The molecule has 1 aromatic rings. The molecule has 1 rings (SSSR count). The molecule has 0 aromatic heterocycles. The van der Waals surface area contributed by atoms with Crippen molar-refractivity contribution in [2.45, 2.75) is 24.6 Å². The molecule has 0 unspecified atom stereocenters. The van der Waals surface area contributed by atoms with Crippen LogP contribution < -0.4 is 4.74 Å². The van der Waals surface area contributed by atoms with E-state index >= 15 is 0 Å². The van der Waals surface area contributed by atoms with Crippen LogP contribution in [0.25, 0.3) is 0 Å². The number of rotatable bonds is 7. The maximum Gasteiger partial charge on any atom is 0.573 e. The first-order valence-corrected chi connectivity index (χ1v) is 7.61. The first kappa shape index (κ1) is 17.7. The van der Waals surface area contributed by atoms with E-state index in [0.717, 1.165) is 28.6 Å². The molecule has 0 aliphatic rings. The van der Waals surface area contributed by atoms with Crippen LogP contribution in [0.2, 0.25) is 0 Å². The van der Waals surface area contributed by atoms with Gasteiger partial charge in [-0.25, -0.2) is 8.42 Å². The summed E-state index contributed by atoms with van der Waals surface area (Å²) in [4.78, 5) is -0.154. The number of hydrogen-bond acceptors (Lipinski definition) is 4. The lowest BCUT2D eigenvalue weighted by Gasteiger charge is -2.20. The maximum absolute atomic E-state index is 12.3. The molecule has 0 radical (unpaired) electrons. The van der Waals surface area contributed by atoms with Crippen LogP contribution in [-0.4, -0.2) is 43.9 Å². The fourth-order valence-corrected chi connectivity index (χ4v) is 3.20. The number of ether oxygens (including phenoxy) is 1. The van der Waals surface area contributed by atoms with Crippen molar-refractivity contribution >= 4 is 10.0 Å². The highest BCUT2D eigenvalue weighted by Gasteiger charge is 2.31. The normalized spacial score (nSPS) is 12.7. The van der Waals surface area contributed by atoms with Crippen LogP contribution in [0.3, 0.4) is 0 Å². The van der Waals surface area contributed by atoms with E-state index in [1.165, 1.54) is 0 Å². The van der Waals surface area contributed by atoms with Crippen LogP contribution in [0, 0.1) is 0 Å². The van der Waals surface area contributed by atoms with Gasteiger partial charge in [-0.05, 0) is 30.7 Å². The fourth-order valence-electron chi connectivity index (χ4n) is 1.68. The number of aliphatic hydroxyl groups excluding tert-OH is 1. The lowest BCUT2D eigenvalue weighted by atomic mass is 10.3. The largest absolute Gasteiger partial charge is 0.573 e. The van der Waals surface area contributed by atoms with Crippen molar-refractivity contribution in [2.24, 2.45) is 0 Å². The van der Waals surface area contributed by atoms with E-state index < -0.39 is 22.1 Å². The molecule has 0 fully saturated rings. The molecule has 0 bridgehead atoms. The van der Waals surface area contributed by atoms with Gasteiger partial charge in [0.05, 0.1) is 11.5 Å². The van der Waals surface area contributed by atoms with Gasteiger partial charge in [0.1, 0.15) is 5.75 Å². The average molecular weight is 327 g/mol. The number of sulfonamides is 1. The number of alkyl halides is 3. The number of hydrogen-bond donors (Lipinski definition) is 1. The van der Waals surface area contributed by atoms with Crippen molar-refractivity contribution in [3.63, 3.8) is 0 Å². The predicted molar refractivity (Wildman–Crippen MR) is 69.3 cm³/mol. The summed E-state index contributed by atoms with van der Waals surface area (Å²) >= 11 is 0. The van der Waals surface area contributed by atoms with E-state index in [1.54, 1.807) is 6.92 Å². The highest BCUT2D eigenvalue weighted by Crippen LogP contribution is 2.25. The number of benzene rings is 1. The summed E-state index contributed by atoms with van der Waals surface area (Å²) in [6, 6.07) is 3.94. The summed E-state index contributed by atoms with van der Waals surface area (Å²) < 4.78 is 65.4. The van der Waals surface area contributed by atoms with Gasteiger partial charge < -0.3 is 9.84 Å². The molecule has 5 nitrogen and oxygen atoms in total. The summed E-state index contributed by atoms with van der Waals surface area (Å²) in [5, 5.41) is 8.89. The van der Waals surface area contributed by atoms with Gasteiger partial charge in [0.25, 0.3) is 0 Å². The maximum atomic E-state index is 12.3. The second-order valence-corrected chi connectivity index (χ2v) is 6.08. The molecule has 0 atom stereocenters. The van der Waals surface area contributed by atoms with E-state index in [-0.39, 0.29) is 24.6 Å². The molecular weight excluding hydrogens is 311 g/mol. The Morgan fingerprint density at radius 2 is 1.76 bits per heavy atom. The quantitative estimate of drug-likeness (QED) is 0.831. The highest BCUT2D eigenvalue weighted by atomic mass is 32.2. The van der Waals surface area contributed by atoms with Gasteiger partial charge in [0.2, 0.25) is 10.0 Å². The summed E-state index contributed by atoms with van der Waals surface area (Å²) in [7, 11) is -3.85. The van der Waals surface area contributed by atoms with Crippen molar-refractivity contribution in [3.05, 3.63) is 24.3 Å². The van der Waals surface area contributed by atoms with Gasteiger partial charge in [-0.15, -0.1) is 13.2 Å². The Balaban J connectivity index is 2.98. The number of halogens is 3. The molecule has 21 heavy (non-hydrogen) atoms. The van der Waals surface area contributed by atoms with Crippen LogP contribution in [0.1, 0.15) is 13.3 Å². The first-order valence-electron chi connectivity index (χ1n) is 6.17. The van der Waals surface area contributed by atoms with E-state index in [4.69, 9.17) is 5.11 Å². The Morgan fingerprint density at radius 3 is 2.19 bits per heavy atom. The molecule has 1 aromatic carbocycles. The lowest BCUT2D eigenvalue weighted by Crippen LogP contribution is -2.34. The third kappa shape index (κ3) is 5.18. The minimum Gasteiger partial charge on any atom is -0.406 e. The van der Waals surface area contributed by atoms with Crippen LogP contribution in [0.4, 0.5) is 13.2 Å². The SMILES string of the molecule is CCCN(CCO)S(=O)(=O)c1ccc(OC(F)(F)F)cc1. The Kier molecular flexibility index (Phi) is 5.99. The second kappa shape index (κ2) is 7.10. The van der Waals surface area contributed by atoms with Crippen LogP contribution in [-0.2, 0) is 10.0 Å². The molecule has 0 saturated heterocycles. The van der Waals surface area contributed by atoms with Crippen molar-refractivity contribution < 1.29 is 31.4 Å². The highest BCUT2D eigenvalue weighted by molar-refractivity contribution is 7.89. The Bertz CT molecular complexity index is 537. The summed E-state index contributed by atoms with van der Waals surface area (Å²) in [5.74, 6) is -0.495. The van der Waals surface area contributed by atoms with Gasteiger partial charge in [0.15, 0.2) is 0 Å². The third-order valence-corrected chi connectivity index (χ3v) is 4.43. The zero-order valence-corrected chi connectivity index (χ0v) is 12.1. The third-order valence-electron chi connectivity index (χ3n) is 2.52. The molecule has 0 aliphatic carbocycles. The van der Waals surface area contributed by atoms with E-state index in [0.29, 0.717) is 6.42 Å². The molecule has 1 N–H and O–H groups in total. The Labute approximate surface area is 121 Å². The lowest BCUT2D eigenvalue weighted by molar-refractivity contribution is -0.274. The van der Waals surface area contributed by atoms with Crippen LogP contribution in [0.5, 0.6) is 5.75 Å². The van der Waals surface area contributed by atoms with Crippen molar-refractivity contribution in [1.82, 2.24) is 4.31 Å². The molecule has 120 valence electrons. The minimum absolute atomic E-state index is 0.0724. The van der Waals surface area contributed by atoms with Crippen LogP contribution in [0.15, 0.2) is 29.2 Å². The Morgan fingerprint density at radius 1 is 1.19 bits per heavy atom. The smallest absolute Gasteiger partial charge is 0.406 e. The van der Waals surface area contributed by atoms with Gasteiger partial charge in [-0.2, -0.15) is 4.31 Å². The minimum atomic E-state index is -4.83. The van der Waals surface area contributed by atoms with Crippen molar-refractivity contribution in [3.8, 4) is 5.75 Å². The van der Waals surface area contributed by atoms with Crippen molar-refractivity contribution in [1.29, 1.82) is 0 Å². The molecular formula is C12H16F3NO4S. The standard InChI is InChI=1S/C12H16F3NO4S/c1-2-7-16(8-9-17)21(18,19)11-5-3-10(4-6-11)20-12(13,14)15/h3-6,17H,2,7-9H2,1H3. The second-order valence-electron chi connectivity index (χ2n) is 4.15. The number of nitrogens with zero attached hydrogens (tertiary/aromatic N) is 1. The molecule has 0 saturated carbocycles. The van der Waals surface area contributed by atoms with Crippen LogP contribution >= 0.6 is 0 Å². The topological polar surface area (TPSA) is 66.8 Å². The van der Waals surface area contributed by atoms with E-state index in [2.05, 4.69) is 4.74 Å². The van der Waals surface area contributed by atoms with E-state index in [9.17, 15) is 21.6 Å². The van der Waals surface area contributed by atoms with Crippen molar-refractivity contribution in [2.75, 3.05) is 19.7 Å². The molecule has 0 amide bonds. The predicted octanol–water partition coefficient (Wildman–Crippen LogP) is 1.98. The summed E-state index contributed by atoms with van der Waals surface area (Å²) in [6.45, 7) is 1.58. The molecule has 9 heteroatoms. The molecule has 0 heterocycles. The van der Waals surface area contributed by atoms with Gasteiger partial charge in [0, 0.05) is 13.1 Å². The zero-order valence-electron chi connectivity index (χ0n) is 11.3. The summed E-state index contributed by atoms with van der Waals surface area (Å²) in [6.07, 6.45) is -4.28. The van der Waals surface area contributed by atoms with Gasteiger partial charge in [-0.3, -0.25) is 0 Å². The fraction of sp³-hybridized carbons (Fsp3) is 0.500. The molecule has 0 aliphatic heterocycles. The zero-order chi connectivity index (χ0) is 16.1. The van der Waals surface area contributed by atoms with Gasteiger partial charge in [-0.1, -0.05) is 6.92 Å². The first-order chi connectivity index (χ1) is 9.70. The van der Waals surface area contributed by atoms with E-state index in [1.807, 2.05) is 0 Å². The monoisotopic (exact) mass is 327 g/mol.